The predicted octanol–water partition coefficient (Wildman–Crippen LogP) is 2.33. The van der Waals surface area contributed by atoms with E-state index in [0.29, 0.717) is 6.04 Å². The third-order valence-corrected chi connectivity index (χ3v) is 3.05. The molecule has 2 nitrogen and oxygen atoms in total. The fourth-order valence-electron chi connectivity index (χ4n) is 1.69. The Balaban J connectivity index is 1.83. The average Bonchev–Trinajstić information content (AvgIpc) is 3.16. The Bertz CT molecular complexity index is 419. The van der Waals surface area contributed by atoms with Crippen LogP contribution in [0.4, 0.5) is 13.2 Å². The number of halogens is 3. The van der Waals surface area contributed by atoms with Gasteiger partial charge in [0.1, 0.15) is 0 Å². The van der Waals surface area contributed by atoms with Gasteiger partial charge in [0.25, 0.3) is 0 Å². The van der Waals surface area contributed by atoms with Crippen LogP contribution in [0.25, 0.3) is 0 Å². The second kappa shape index (κ2) is 5.71. The molecule has 1 aromatic carbocycles. The summed E-state index contributed by atoms with van der Waals surface area (Å²) >= 11 is 0. The number of rotatable bonds is 6. The van der Waals surface area contributed by atoms with Crippen molar-refractivity contribution in [2.75, 3.05) is 6.54 Å². The highest BCUT2D eigenvalue weighted by molar-refractivity contribution is 5.20. The Morgan fingerprint density at radius 3 is 2.61 bits per heavy atom. The molecule has 1 aromatic rings. The molecule has 18 heavy (non-hydrogen) atoms. The van der Waals surface area contributed by atoms with Gasteiger partial charge in [-0.25, -0.2) is 13.2 Å². The maximum absolute atomic E-state index is 13.4. The molecule has 5 heteroatoms. The van der Waals surface area contributed by atoms with Crippen molar-refractivity contribution in [2.24, 2.45) is 0 Å². The van der Waals surface area contributed by atoms with Crippen molar-refractivity contribution in [3.63, 3.8) is 0 Å². The molecule has 1 aliphatic rings. The van der Waals surface area contributed by atoms with Gasteiger partial charge in [0.2, 0.25) is 0 Å². The summed E-state index contributed by atoms with van der Waals surface area (Å²) in [5.74, 6) is -3.66. The molecule has 1 unspecified atom stereocenters. The fourth-order valence-corrected chi connectivity index (χ4v) is 1.69. The van der Waals surface area contributed by atoms with Crippen molar-refractivity contribution < 1.29 is 13.2 Å². The van der Waals surface area contributed by atoms with Crippen LogP contribution in [0.2, 0.25) is 0 Å². The molecule has 2 N–H and O–H groups in total. The minimum atomic E-state index is -1.40. The maximum atomic E-state index is 13.4. The highest BCUT2D eigenvalue weighted by Gasteiger charge is 2.21. The van der Waals surface area contributed by atoms with E-state index >= 15 is 0 Å². The molecule has 0 spiro atoms. The van der Waals surface area contributed by atoms with Gasteiger partial charge >= 0.3 is 0 Å². The minimum absolute atomic E-state index is 0.146. The van der Waals surface area contributed by atoms with Crippen LogP contribution in [-0.4, -0.2) is 18.6 Å². The first-order chi connectivity index (χ1) is 8.58. The standard InChI is InChI=1S/C13H17F3N2/c1-8(6-18-10-3-4-10)17-7-9-2-5-11(14)13(16)12(9)15/h2,5,8,10,17-18H,3-4,6-7H2,1H3. The van der Waals surface area contributed by atoms with Crippen LogP contribution in [-0.2, 0) is 6.54 Å². The summed E-state index contributed by atoms with van der Waals surface area (Å²) in [5, 5.41) is 6.42. The zero-order valence-electron chi connectivity index (χ0n) is 10.3. The molecule has 0 saturated heterocycles. The van der Waals surface area contributed by atoms with Crippen molar-refractivity contribution in [3.05, 3.63) is 35.1 Å². The Kier molecular flexibility index (Phi) is 4.24. The van der Waals surface area contributed by atoms with Gasteiger partial charge in [0, 0.05) is 30.7 Å². The molecule has 1 fully saturated rings. The quantitative estimate of drug-likeness (QED) is 0.765. The first-order valence-corrected chi connectivity index (χ1v) is 6.17. The molecule has 2 rings (SSSR count). The molecular formula is C13H17F3N2. The van der Waals surface area contributed by atoms with Gasteiger partial charge < -0.3 is 10.6 Å². The lowest BCUT2D eigenvalue weighted by Crippen LogP contribution is -2.37. The van der Waals surface area contributed by atoms with Crippen LogP contribution in [0.15, 0.2) is 12.1 Å². The van der Waals surface area contributed by atoms with E-state index in [1.807, 2.05) is 6.92 Å². The molecule has 1 atom stereocenters. The molecule has 0 bridgehead atoms. The largest absolute Gasteiger partial charge is 0.312 e. The highest BCUT2D eigenvalue weighted by atomic mass is 19.2. The van der Waals surface area contributed by atoms with Gasteiger partial charge in [-0.3, -0.25) is 0 Å². The normalized spacial score (nSPS) is 16.9. The minimum Gasteiger partial charge on any atom is -0.312 e. The zero-order valence-corrected chi connectivity index (χ0v) is 10.3. The Morgan fingerprint density at radius 1 is 1.22 bits per heavy atom. The van der Waals surface area contributed by atoms with E-state index in [1.165, 1.54) is 18.9 Å². The number of nitrogens with one attached hydrogen (secondary N) is 2. The van der Waals surface area contributed by atoms with Crippen molar-refractivity contribution in [1.29, 1.82) is 0 Å². The predicted molar refractivity (Wildman–Crippen MR) is 63.6 cm³/mol. The summed E-state index contributed by atoms with van der Waals surface area (Å²) in [5.41, 5.74) is 0.146. The number of hydrogen-bond donors (Lipinski definition) is 2. The van der Waals surface area contributed by atoms with Gasteiger partial charge in [0.05, 0.1) is 0 Å². The lowest BCUT2D eigenvalue weighted by Gasteiger charge is -2.15. The van der Waals surface area contributed by atoms with E-state index in [4.69, 9.17) is 0 Å². The first-order valence-electron chi connectivity index (χ1n) is 6.17. The molecule has 0 aromatic heterocycles. The Morgan fingerprint density at radius 2 is 1.94 bits per heavy atom. The molecule has 0 heterocycles. The van der Waals surface area contributed by atoms with Crippen LogP contribution < -0.4 is 10.6 Å². The van der Waals surface area contributed by atoms with Gasteiger partial charge in [-0.2, -0.15) is 0 Å². The third-order valence-electron chi connectivity index (χ3n) is 3.05. The van der Waals surface area contributed by atoms with Gasteiger partial charge in [-0.15, -0.1) is 0 Å². The van der Waals surface area contributed by atoms with E-state index in [9.17, 15) is 13.2 Å². The van der Waals surface area contributed by atoms with Crippen molar-refractivity contribution in [2.45, 2.75) is 38.4 Å². The smallest absolute Gasteiger partial charge is 0.194 e. The summed E-state index contributed by atoms with van der Waals surface area (Å²) in [4.78, 5) is 0. The van der Waals surface area contributed by atoms with Crippen molar-refractivity contribution in [1.82, 2.24) is 10.6 Å². The summed E-state index contributed by atoms with van der Waals surface area (Å²) in [6.07, 6.45) is 2.43. The summed E-state index contributed by atoms with van der Waals surface area (Å²) in [6.45, 7) is 2.94. The van der Waals surface area contributed by atoms with E-state index in [-0.39, 0.29) is 18.2 Å². The van der Waals surface area contributed by atoms with Crippen LogP contribution in [0.3, 0.4) is 0 Å². The van der Waals surface area contributed by atoms with E-state index < -0.39 is 17.5 Å². The van der Waals surface area contributed by atoms with Gasteiger partial charge in [0.15, 0.2) is 17.5 Å². The Hall–Kier alpha value is -1.07. The summed E-state index contributed by atoms with van der Waals surface area (Å²) < 4.78 is 39.1. The van der Waals surface area contributed by atoms with Crippen molar-refractivity contribution in [3.8, 4) is 0 Å². The van der Waals surface area contributed by atoms with Crippen LogP contribution >= 0.6 is 0 Å². The lowest BCUT2D eigenvalue weighted by atomic mass is 10.2. The number of hydrogen-bond acceptors (Lipinski definition) is 2. The van der Waals surface area contributed by atoms with Crippen LogP contribution in [0.5, 0.6) is 0 Å². The van der Waals surface area contributed by atoms with E-state index in [1.54, 1.807) is 0 Å². The molecule has 1 aliphatic carbocycles. The lowest BCUT2D eigenvalue weighted by molar-refractivity contribution is 0.432. The molecular weight excluding hydrogens is 241 g/mol. The number of benzene rings is 1. The van der Waals surface area contributed by atoms with Gasteiger partial charge in [-0.1, -0.05) is 6.07 Å². The van der Waals surface area contributed by atoms with Crippen LogP contribution in [0.1, 0.15) is 25.3 Å². The van der Waals surface area contributed by atoms with Crippen LogP contribution in [0, 0.1) is 17.5 Å². The average molecular weight is 258 g/mol. The van der Waals surface area contributed by atoms with Gasteiger partial charge in [-0.05, 0) is 25.8 Å². The van der Waals surface area contributed by atoms with Crippen molar-refractivity contribution >= 4 is 0 Å². The summed E-state index contributed by atoms with van der Waals surface area (Å²) in [7, 11) is 0. The maximum Gasteiger partial charge on any atom is 0.194 e. The Labute approximate surface area is 105 Å². The molecule has 0 aliphatic heterocycles. The SMILES string of the molecule is CC(CNC1CC1)NCc1ccc(F)c(F)c1F. The zero-order chi connectivity index (χ0) is 13.1. The van der Waals surface area contributed by atoms with E-state index in [2.05, 4.69) is 10.6 Å². The highest BCUT2D eigenvalue weighted by Crippen LogP contribution is 2.18. The second-order valence-electron chi connectivity index (χ2n) is 4.80. The summed E-state index contributed by atoms with van der Waals surface area (Å²) in [6, 6.07) is 2.98. The van der Waals surface area contributed by atoms with E-state index in [0.717, 1.165) is 12.6 Å². The topological polar surface area (TPSA) is 24.1 Å². The molecule has 100 valence electrons. The second-order valence-corrected chi connectivity index (χ2v) is 4.80. The first kappa shape index (κ1) is 13.4. The monoisotopic (exact) mass is 258 g/mol. The molecule has 1 saturated carbocycles. The molecule has 0 radical (unpaired) electrons. The fraction of sp³-hybridized carbons (Fsp3) is 0.538. The third kappa shape index (κ3) is 3.46. The molecule has 0 amide bonds.